The molecule has 8 heteroatoms. The third-order valence-electron chi connectivity index (χ3n) is 3.59. The summed E-state index contributed by atoms with van der Waals surface area (Å²) in [5.74, 6) is -0.0967. The summed E-state index contributed by atoms with van der Waals surface area (Å²) < 4.78 is 43.7. The first kappa shape index (κ1) is 20.2. The number of aryl methyl sites for hydroxylation is 1. The molecule has 0 aliphatic heterocycles. The van der Waals surface area contributed by atoms with E-state index in [9.17, 15) is 18.0 Å². The fourth-order valence-electron chi connectivity index (χ4n) is 2.33. The molecule has 1 aromatic heterocycles. The lowest BCUT2D eigenvalue weighted by atomic mass is 10.1. The zero-order valence-electron chi connectivity index (χ0n) is 14.7. The summed E-state index contributed by atoms with van der Waals surface area (Å²) >= 11 is 1.53. The van der Waals surface area contributed by atoms with E-state index >= 15 is 0 Å². The van der Waals surface area contributed by atoms with Crippen LogP contribution in [-0.2, 0) is 6.61 Å². The minimum atomic E-state index is -4.42. The normalized spacial score (nSPS) is 11.4. The van der Waals surface area contributed by atoms with Crippen LogP contribution in [0.4, 0.5) is 13.2 Å². The monoisotopic (exact) mass is 386 g/mol. The number of alkyl halides is 3. The summed E-state index contributed by atoms with van der Waals surface area (Å²) in [5, 5.41) is 2.84. The molecule has 1 amide bonds. The molecule has 0 aliphatic rings. The number of benzene rings is 1. The van der Waals surface area contributed by atoms with Crippen LogP contribution in [0.5, 0.6) is 5.75 Å². The van der Waals surface area contributed by atoms with E-state index < -0.39 is 18.6 Å². The van der Waals surface area contributed by atoms with Crippen LogP contribution in [-0.4, -0.2) is 35.1 Å². The van der Waals surface area contributed by atoms with Crippen molar-refractivity contribution in [1.82, 2.24) is 9.88 Å². The molecule has 2 aromatic rings. The van der Waals surface area contributed by atoms with Crippen molar-refractivity contribution in [2.75, 3.05) is 13.1 Å². The van der Waals surface area contributed by atoms with E-state index in [0.717, 1.165) is 15.6 Å². The van der Waals surface area contributed by atoms with Crippen LogP contribution in [0.3, 0.4) is 0 Å². The summed E-state index contributed by atoms with van der Waals surface area (Å²) in [6.45, 7) is 2.91. The van der Waals surface area contributed by atoms with Crippen LogP contribution in [0, 0.1) is 6.92 Å². The van der Waals surface area contributed by atoms with Gasteiger partial charge in [0.2, 0.25) is 0 Å². The van der Waals surface area contributed by atoms with E-state index in [4.69, 9.17) is 4.74 Å². The molecule has 0 spiro atoms. The first-order valence-corrected chi connectivity index (χ1v) is 9.16. The van der Waals surface area contributed by atoms with Crippen LogP contribution in [0.25, 0.3) is 0 Å². The van der Waals surface area contributed by atoms with Gasteiger partial charge < -0.3 is 9.64 Å². The fraction of sp³-hybridized carbons (Fsp3) is 0.444. The lowest BCUT2D eigenvalue weighted by Crippen LogP contribution is -2.39. The number of unbranched alkanes of at least 4 members (excludes halogenated alkanes) is 1. The lowest BCUT2D eigenvalue weighted by molar-refractivity contribution is -0.140. The molecule has 2 rings (SSSR count). The van der Waals surface area contributed by atoms with Crippen molar-refractivity contribution in [1.29, 1.82) is 0 Å². The van der Waals surface area contributed by atoms with Gasteiger partial charge >= 0.3 is 6.18 Å². The van der Waals surface area contributed by atoms with E-state index in [-0.39, 0.29) is 12.1 Å². The van der Waals surface area contributed by atoms with Gasteiger partial charge in [-0.3, -0.25) is 4.79 Å². The van der Waals surface area contributed by atoms with Gasteiger partial charge in [0.15, 0.2) is 0 Å². The maximum atomic E-state index is 12.7. The number of nitrogens with zero attached hydrogens (tertiary/aromatic N) is 2. The van der Waals surface area contributed by atoms with Crippen LogP contribution in [0.2, 0.25) is 0 Å². The summed E-state index contributed by atoms with van der Waals surface area (Å²) in [5.41, 5.74) is 1.02. The number of carbonyl (C=O) groups is 1. The second-order valence-electron chi connectivity index (χ2n) is 5.87. The highest BCUT2D eigenvalue weighted by Gasteiger charge is 2.33. The third kappa shape index (κ3) is 6.33. The number of hydrogen-bond donors (Lipinski definition) is 0. The molecule has 142 valence electrons. The number of rotatable bonds is 8. The van der Waals surface area contributed by atoms with E-state index in [2.05, 4.69) is 4.98 Å². The molecule has 0 fully saturated rings. The van der Waals surface area contributed by atoms with Crippen LogP contribution in [0.15, 0.2) is 29.6 Å². The molecule has 1 heterocycles. The molecular weight excluding hydrogens is 365 g/mol. The van der Waals surface area contributed by atoms with E-state index in [1.54, 1.807) is 12.1 Å². The van der Waals surface area contributed by atoms with Gasteiger partial charge in [0, 0.05) is 17.5 Å². The Labute approximate surface area is 154 Å². The third-order valence-corrected chi connectivity index (χ3v) is 4.42. The Balaban J connectivity index is 2.00. The highest BCUT2D eigenvalue weighted by atomic mass is 32.1. The second-order valence-corrected chi connectivity index (χ2v) is 6.93. The first-order chi connectivity index (χ1) is 12.3. The molecule has 0 saturated carbocycles. The molecule has 0 bridgehead atoms. The minimum absolute atomic E-state index is 0.0796. The quantitative estimate of drug-likeness (QED) is 0.652. The standard InChI is InChI=1S/C18H21F3N2O2S/c1-3-4-9-23(12-18(19,20)21)17(24)14-5-7-16(8-6-14)25-10-15-11-26-13(2)22-15/h5-8,11H,3-4,9-10,12H2,1-2H3. The largest absolute Gasteiger partial charge is 0.487 e. The van der Waals surface area contributed by atoms with E-state index in [1.807, 2.05) is 19.2 Å². The van der Waals surface area contributed by atoms with Gasteiger partial charge in [-0.15, -0.1) is 11.3 Å². The zero-order chi connectivity index (χ0) is 19.2. The van der Waals surface area contributed by atoms with Crippen LogP contribution >= 0.6 is 11.3 Å². The summed E-state index contributed by atoms with van der Waals surface area (Å²) in [4.78, 5) is 17.5. The van der Waals surface area contributed by atoms with Gasteiger partial charge in [-0.2, -0.15) is 13.2 Å². The Hall–Kier alpha value is -2.09. The Morgan fingerprint density at radius 1 is 1.27 bits per heavy atom. The minimum Gasteiger partial charge on any atom is -0.487 e. The SMILES string of the molecule is CCCCN(CC(F)(F)F)C(=O)c1ccc(OCc2csc(C)n2)cc1. The molecule has 26 heavy (non-hydrogen) atoms. The van der Waals surface area contributed by atoms with Gasteiger partial charge in [-0.05, 0) is 37.6 Å². The Kier molecular flexibility index (Phi) is 7.02. The van der Waals surface area contributed by atoms with Crippen molar-refractivity contribution in [3.63, 3.8) is 0 Å². The topological polar surface area (TPSA) is 42.4 Å². The predicted molar refractivity (Wildman–Crippen MR) is 94.5 cm³/mol. The first-order valence-electron chi connectivity index (χ1n) is 8.28. The highest BCUT2D eigenvalue weighted by Crippen LogP contribution is 2.20. The van der Waals surface area contributed by atoms with Gasteiger partial charge in [-0.1, -0.05) is 13.3 Å². The van der Waals surface area contributed by atoms with Crippen molar-refractivity contribution < 1.29 is 22.7 Å². The zero-order valence-corrected chi connectivity index (χ0v) is 15.5. The maximum Gasteiger partial charge on any atom is 0.406 e. The summed E-state index contributed by atoms with van der Waals surface area (Å²) in [7, 11) is 0. The van der Waals surface area contributed by atoms with Crippen molar-refractivity contribution in [2.45, 2.75) is 39.5 Å². The number of amides is 1. The highest BCUT2D eigenvalue weighted by molar-refractivity contribution is 7.09. The molecule has 4 nitrogen and oxygen atoms in total. The molecule has 0 unspecified atom stereocenters. The smallest absolute Gasteiger partial charge is 0.406 e. The number of thiazole rings is 1. The summed E-state index contributed by atoms with van der Waals surface area (Å²) in [6, 6.07) is 6.13. The van der Waals surface area contributed by atoms with Crippen molar-refractivity contribution in [3.05, 3.63) is 45.9 Å². The van der Waals surface area contributed by atoms with Gasteiger partial charge in [0.1, 0.15) is 18.9 Å². The predicted octanol–water partition coefficient (Wildman–Crippen LogP) is 4.84. The van der Waals surface area contributed by atoms with Gasteiger partial charge in [-0.25, -0.2) is 4.98 Å². The molecule has 1 aromatic carbocycles. The molecule has 0 atom stereocenters. The molecule has 0 saturated heterocycles. The number of halogens is 3. The van der Waals surface area contributed by atoms with E-state index in [0.29, 0.717) is 25.2 Å². The lowest BCUT2D eigenvalue weighted by Gasteiger charge is -2.24. The van der Waals surface area contributed by atoms with Gasteiger partial charge in [0.25, 0.3) is 5.91 Å². The van der Waals surface area contributed by atoms with Crippen LogP contribution in [0.1, 0.15) is 40.8 Å². The Morgan fingerprint density at radius 3 is 2.50 bits per heavy atom. The van der Waals surface area contributed by atoms with Crippen molar-refractivity contribution >= 4 is 17.2 Å². The van der Waals surface area contributed by atoms with Crippen molar-refractivity contribution in [3.8, 4) is 5.75 Å². The molecule has 0 aliphatic carbocycles. The Bertz CT molecular complexity index is 714. The average Bonchev–Trinajstić information content (AvgIpc) is 3.01. The number of ether oxygens (including phenoxy) is 1. The molecule has 0 radical (unpaired) electrons. The number of hydrogen-bond acceptors (Lipinski definition) is 4. The fourth-order valence-corrected chi connectivity index (χ4v) is 2.92. The van der Waals surface area contributed by atoms with Crippen LogP contribution < -0.4 is 4.74 Å². The average molecular weight is 386 g/mol. The Morgan fingerprint density at radius 2 is 1.96 bits per heavy atom. The molecule has 0 N–H and O–H groups in total. The van der Waals surface area contributed by atoms with Gasteiger partial charge in [0.05, 0.1) is 10.7 Å². The maximum absolute atomic E-state index is 12.7. The molecular formula is C18H21F3N2O2S. The van der Waals surface area contributed by atoms with Crippen molar-refractivity contribution in [2.24, 2.45) is 0 Å². The van der Waals surface area contributed by atoms with E-state index in [1.165, 1.54) is 23.5 Å². The number of aromatic nitrogens is 1. The second kappa shape index (κ2) is 9.02. The summed E-state index contributed by atoms with van der Waals surface area (Å²) in [6.07, 6.45) is -3.18. The number of carbonyl (C=O) groups excluding carboxylic acids is 1.